The lowest BCUT2D eigenvalue weighted by molar-refractivity contribution is -0.246. The van der Waals surface area contributed by atoms with Gasteiger partial charge in [-0.15, -0.1) is 0 Å². The molecule has 0 bridgehead atoms. The number of hydrogen-bond donors (Lipinski definition) is 0. The van der Waals surface area contributed by atoms with E-state index < -0.39 is 18.4 Å². The van der Waals surface area contributed by atoms with Crippen LogP contribution in [0.2, 0.25) is 0 Å². The Hall–Kier alpha value is -0.640. The molecule has 1 heterocycles. The van der Waals surface area contributed by atoms with E-state index in [0.717, 1.165) is 6.42 Å². The predicted octanol–water partition coefficient (Wildman–Crippen LogP) is 2.29. The zero-order valence-corrected chi connectivity index (χ0v) is 9.70. The van der Waals surface area contributed by atoms with Gasteiger partial charge in [0.05, 0.1) is 6.10 Å². The maximum absolute atomic E-state index is 13.8. The Kier molecular flexibility index (Phi) is 4.08. The van der Waals surface area contributed by atoms with Gasteiger partial charge in [0.15, 0.2) is 6.17 Å². The lowest BCUT2D eigenvalue weighted by Crippen LogP contribution is -2.48. The summed E-state index contributed by atoms with van der Waals surface area (Å²) in [5, 5.41) is 0. The molecule has 1 saturated heterocycles. The van der Waals surface area contributed by atoms with Gasteiger partial charge in [-0.05, 0) is 18.3 Å². The largest absolute Gasteiger partial charge is 0.433 e. The molecule has 0 amide bonds. The summed E-state index contributed by atoms with van der Waals surface area (Å²) in [5.41, 5.74) is 0. The molecule has 5 atom stereocenters. The van der Waals surface area contributed by atoms with Crippen LogP contribution in [0.4, 0.5) is 4.39 Å². The van der Waals surface area contributed by atoms with Crippen LogP contribution in [0.5, 0.6) is 0 Å². The first-order chi connectivity index (χ1) is 6.97. The quantitative estimate of drug-likeness (QED) is 0.666. The minimum Gasteiger partial charge on any atom is -0.433 e. The van der Waals surface area contributed by atoms with Gasteiger partial charge >= 0.3 is 5.97 Å². The number of hydrogen-bond acceptors (Lipinski definition) is 3. The van der Waals surface area contributed by atoms with Crippen molar-refractivity contribution in [2.45, 2.75) is 52.7 Å². The summed E-state index contributed by atoms with van der Waals surface area (Å²) in [5.74, 6) is -0.496. The molecule has 0 aromatic heterocycles. The number of carbonyl (C=O) groups is 1. The van der Waals surface area contributed by atoms with Crippen LogP contribution in [0.1, 0.15) is 34.1 Å². The summed E-state index contributed by atoms with van der Waals surface area (Å²) in [7, 11) is 0. The Morgan fingerprint density at radius 2 is 2.00 bits per heavy atom. The second kappa shape index (κ2) is 4.92. The monoisotopic (exact) mass is 217 g/mol. The van der Waals surface area contributed by atoms with E-state index in [1.165, 1.54) is 6.92 Å². The molecule has 1 fully saturated rings. The fourth-order valence-electron chi connectivity index (χ4n) is 1.97. The molecular formula is C11H19FO3. The normalized spacial score (nSPS) is 41.3. The van der Waals surface area contributed by atoms with Crippen molar-refractivity contribution < 1.29 is 18.7 Å². The lowest BCUT2D eigenvalue weighted by Gasteiger charge is -2.40. The predicted molar refractivity (Wildman–Crippen MR) is 53.9 cm³/mol. The van der Waals surface area contributed by atoms with Crippen LogP contribution >= 0.6 is 0 Å². The molecule has 88 valence electrons. The van der Waals surface area contributed by atoms with Crippen molar-refractivity contribution in [2.75, 3.05) is 0 Å². The van der Waals surface area contributed by atoms with Crippen LogP contribution in [-0.2, 0) is 14.3 Å². The number of halogens is 1. The number of carbonyl (C=O) groups excluding carboxylic acids is 1. The van der Waals surface area contributed by atoms with Crippen LogP contribution in [0.15, 0.2) is 0 Å². The van der Waals surface area contributed by atoms with Gasteiger partial charge in [-0.3, -0.25) is 4.79 Å². The van der Waals surface area contributed by atoms with Crippen LogP contribution in [0.25, 0.3) is 0 Å². The number of esters is 1. The Labute approximate surface area is 89.9 Å². The van der Waals surface area contributed by atoms with Gasteiger partial charge in [-0.1, -0.05) is 20.8 Å². The molecule has 0 N–H and O–H groups in total. The minimum absolute atomic E-state index is 0.0312. The van der Waals surface area contributed by atoms with Gasteiger partial charge in [0.1, 0.15) is 0 Å². The van der Waals surface area contributed by atoms with E-state index in [9.17, 15) is 9.18 Å². The summed E-state index contributed by atoms with van der Waals surface area (Å²) in [6, 6.07) is 0. The molecule has 0 unspecified atom stereocenters. The van der Waals surface area contributed by atoms with Crippen LogP contribution < -0.4 is 0 Å². The van der Waals surface area contributed by atoms with E-state index in [4.69, 9.17) is 9.47 Å². The summed E-state index contributed by atoms with van der Waals surface area (Å²) in [6.45, 7) is 7.05. The van der Waals surface area contributed by atoms with Crippen molar-refractivity contribution in [1.29, 1.82) is 0 Å². The molecule has 0 aromatic rings. The first-order valence-electron chi connectivity index (χ1n) is 5.44. The summed E-state index contributed by atoms with van der Waals surface area (Å²) in [4.78, 5) is 10.8. The molecule has 0 aliphatic carbocycles. The Morgan fingerprint density at radius 1 is 1.40 bits per heavy atom. The zero-order chi connectivity index (χ0) is 11.6. The van der Waals surface area contributed by atoms with Crippen LogP contribution in [0, 0.1) is 11.8 Å². The van der Waals surface area contributed by atoms with E-state index in [1.54, 1.807) is 0 Å². The number of alkyl halides is 1. The first kappa shape index (κ1) is 12.4. The van der Waals surface area contributed by atoms with Crippen molar-refractivity contribution in [3.8, 4) is 0 Å². The van der Waals surface area contributed by atoms with Crippen molar-refractivity contribution in [3.63, 3.8) is 0 Å². The fourth-order valence-corrected chi connectivity index (χ4v) is 1.97. The molecule has 15 heavy (non-hydrogen) atoms. The third kappa shape index (κ3) is 2.68. The zero-order valence-electron chi connectivity index (χ0n) is 9.70. The average Bonchev–Trinajstić information content (AvgIpc) is 2.18. The number of rotatable bonds is 2. The standard InChI is InChI=1S/C11H19FO3/c1-5-9-6(2)7(3)10(12)11(15-9)14-8(4)13/h6-7,9-11H,5H2,1-4H3/t6-,7-,9+,10-,11+/m0/s1/i12-1. The molecule has 1 aliphatic heterocycles. The van der Waals surface area contributed by atoms with Gasteiger partial charge < -0.3 is 9.47 Å². The third-order valence-corrected chi connectivity index (χ3v) is 3.17. The van der Waals surface area contributed by atoms with Gasteiger partial charge in [-0.25, -0.2) is 4.39 Å². The van der Waals surface area contributed by atoms with E-state index >= 15 is 0 Å². The highest BCUT2D eigenvalue weighted by Gasteiger charge is 2.42. The van der Waals surface area contributed by atoms with Gasteiger partial charge in [0.25, 0.3) is 0 Å². The van der Waals surface area contributed by atoms with Gasteiger partial charge in [0.2, 0.25) is 6.29 Å². The first-order valence-corrected chi connectivity index (χ1v) is 5.44. The molecule has 4 heteroatoms. The highest BCUT2D eigenvalue weighted by atomic mass is 18.2. The molecule has 0 spiro atoms. The van der Waals surface area contributed by atoms with Crippen molar-refractivity contribution >= 4 is 5.97 Å². The summed E-state index contributed by atoms with van der Waals surface area (Å²) < 4.78 is 24.0. The molecule has 0 radical (unpaired) electrons. The van der Waals surface area contributed by atoms with Crippen molar-refractivity contribution in [3.05, 3.63) is 0 Å². The van der Waals surface area contributed by atoms with E-state index in [2.05, 4.69) is 0 Å². The second-order valence-electron chi connectivity index (χ2n) is 4.22. The molecule has 0 aromatic carbocycles. The van der Waals surface area contributed by atoms with Gasteiger partial charge in [-0.2, -0.15) is 0 Å². The van der Waals surface area contributed by atoms with Crippen molar-refractivity contribution in [1.82, 2.24) is 0 Å². The second-order valence-corrected chi connectivity index (χ2v) is 4.22. The maximum atomic E-state index is 13.8. The van der Waals surface area contributed by atoms with E-state index in [1.807, 2.05) is 20.8 Å². The number of ether oxygens (including phenoxy) is 2. The highest BCUT2D eigenvalue weighted by Crippen LogP contribution is 2.34. The summed E-state index contributed by atoms with van der Waals surface area (Å²) in [6.07, 6.45) is -1.49. The molecule has 1 rings (SSSR count). The van der Waals surface area contributed by atoms with Gasteiger partial charge in [0, 0.05) is 6.92 Å². The highest BCUT2D eigenvalue weighted by molar-refractivity contribution is 5.66. The Bertz CT molecular complexity index is 230. The summed E-state index contributed by atoms with van der Waals surface area (Å²) >= 11 is 0. The fraction of sp³-hybridized carbons (Fsp3) is 0.909. The average molecular weight is 217 g/mol. The van der Waals surface area contributed by atoms with E-state index in [-0.39, 0.29) is 17.9 Å². The topological polar surface area (TPSA) is 35.5 Å². The maximum Gasteiger partial charge on any atom is 0.305 e. The SMILES string of the molecule is CC[C@H]1O[C@@H](OC(C)=O)[C@@H]([18F])[C@@H](C)[C@@H]1C. The smallest absolute Gasteiger partial charge is 0.305 e. The Morgan fingerprint density at radius 3 is 2.47 bits per heavy atom. The lowest BCUT2D eigenvalue weighted by atomic mass is 9.83. The molecule has 1 aliphatic rings. The van der Waals surface area contributed by atoms with Crippen LogP contribution in [-0.4, -0.2) is 24.5 Å². The minimum atomic E-state index is -1.23. The molecule has 3 nitrogen and oxygen atoms in total. The third-order valence-electron chi connectivity index (χ3n) is 3.17. The van der Waals surface area contributed by atoms with Crippen molar-refractivity contribution in [2.24, 2.45) is 11.8 Å². The van der Waals surface area contributed by atoms with E-state index in [0.29, 0.717) is 0 Å². The van der Waals surface area contributed by atoms with Crippen LogP contribution in [0.3, 0.4) is 0 Å². The Balaban J connectivity index is 2.69. The molecule has 0 saturated carbocycles. The molecular weight excluding hydrogens is 198 g/mol.